The highest BCUT2D eigenvalue weighted by molar-refractivity contribution is 6.17. The number of aromatic nitrogens is 3. The Morgan fingerprint density at radius 2 is 2.18 bits per heavy atom. The Bertz CT molecular complexity index is 1090. The summed E-state index contributed by atoms with van der Waals surface area (Å²) in [5.74, 6) is 1.15. The SMILES string of the molecule is CC(C)[NH2+]c1ccnc(N)c1C(=N)c1noc(C2CC2)c1-c1ccc[nH]c1=O. The van der Waals surface area contributed by atoms with Gasteiger partial charge in [-0.25, -0.2) is 4.98 Å². The summed E-state index contributed by atoms with van der Waals surface area (Å²) in [6, 6.07) is 5.58. The minimum absolute atomic E-state index is 0.103. The summed E-state index contributed by atoms with van der Waals surface area (Å²) in [6.45, 7) is 4.11. The fourth-order valence-electron chi connectivity index (χ4n) is 3.36. The molecule has 0 bridgehead atoms. The lowest BCUT2D eigenvalue weighted by molar-refractivity contribution is -0.603. The van der Waals surface area contributed by atoms with Gasteiger partial charge in [-0.05, 0) is 38.8 Å². The van der Waals surface area contributed by atoms with Crippen molar-refractivity contribution in [1.82, 2.24) is 15.1 Å². The standard InChI is InChI=1S/C20H22N6O2/c1-10(2)25-13-7-9-23-19(22)15(13)16(21)17-14(12-4-3-8-24-20(12)27)18(28-26-17)11-5-6-11/h3-4,7-11,21H,5-6H2,1-2H3,(H,24,27)(H3,22,23,25)/p+1. The van der Waals surface area contributed by atoms with E-state index in [0.717, 1.165) is 18.5 Å². The molecule has 1 aliphatic carbocycles. The van der Waals surface area contributed by atoms with E-state index in [0.29, 0.717) is 28.1 Å². The molecule has 0 aromatic carbocycles. The number of nitrogens with zero attached hydrogens (tertiary/aromatic N) is 2. The summed E-state index contributed by atoms with van der Waals surface area (Å²) in [4.78, 5) is 19.3. The maximum absolute atomic E-state index is 12.5. The van der Waals surface area contributed by atoms with Crippen LogP contribution in [0.5, 0.6) is 0 Å². The van der Waals surface area contributed by atoms with Crippen LogP contribution in [0, 0.1) is 5.41 Å². The molecule has 0 aliphatic heterocycles. The average Bonchev–Trinajstić information content (AvgIpc) is 3.40. The summed E-state index contributed by atoms with van der Waals surface area (Å²) >= 11 is 0. The Labute approximate surface area is 161 Å². The van der Waals surface area contributed by atoms with Crippen LogP contribution in [0.3, 0.4) is 0 Å². The zero-order valence-corrected chi connectivity index (χ0v) is 15.8. The average molecular weight is 379 g/mol. The van der Waals surface area contributed by atoms with Crippen LogP contribution in [-0.4, -0.2) is 26.9 Å². The van der Waals surface area contributed by atoms with E-state index in [1.165, 1.54) is 0 Å². The van der Waals surface area contributed by atoms with Crippen LogP contribution in [0.25, 0.3) is 11.1 Å². The second-order valence-electron chi connectivity index (χ2n) is 7.40. The number of hydrogen-bond donors (Lipinski definition) is 4. The Morgan fingerprint density at radius 3 is 2.86 bits per heavy atom. The molecule has 3 aromatic rings. The topological polar surface area (TPSA) is 138 Å². The summed E-state index contributed by atoms with van der Waals surface area (Å²) in [5.41, 5.74) is 8.65. The minimum atomic E-state index is -0.241. The third-order valence-corrected chi connectivity index (χ3v) is 4.77. The molecule has 3 heterocycles. The van der Waals surface area contributed by atoms with Crippen LogP contribution >= 0.6 is 0 Å². The molecule has 0 atom stereocenters. The molecular weight excluding hydrogens is 356 g/mol. The van der Waals surface area contributed by atoms with Crippen molar-refractivity contribution in [3.63, 3.8) is 0 Å². The Hall–Kier alpha value is -3.26. The Kier molecular flexibility index (Phi) is 4.56. The van der Waals surface area contributed by atoms with E-state index in [-0.39, 0.29) is 29.0 Å². The van der Waals surface area contributed by atoms with Crippen LogP contribution in [0.2, 0.25) is 0 Å². The van der Waals surface area contributed by atoms with Crippen LogP contribution in [-0.2, 0) is 0 Å². The molecule has 8 nitrogen and oxygen atoms in total. The first-order valence-electron chi connectivity index (χ1n) is 9.33. The molecule has 0 amide bonds. The summed E-state index contributed by atoms with van der Waals surface area (Å²) in [7, 11) is 0. The minimum Gasteiger partial charge on any atom is -0.383 e. The van der Waals surface area contributed by atoms with Crippen LogP contribution in [0.1, 0.15) is 49.6 Å². The maximum atomic E-state index is 12.5. The molecular formula is C20H23N6O2+. The quantitative estimate of drug-likeness (QED) is 0.485. The monoisotopic (exact) mass is 379 g/mol. The number of nitrogen functional groups attached to an aromatic ring is 1. The summed E-state index contributed by atoms with van der Waals surface area (Å²) < 4.78 is 5.62. The number of H-pyrrole nitrogens is 1. The van der Waals surface area contributed by atoms with E-state index in [1.807, 2.05) is 11.4 Å². The largest absolute Gasteiger partial charge is 0.383 e. The van der Waals surface area contributed by atoms with E-state index in [2.05, 4.69) is 29.0 Å². The van der Waals surface area contributed by atoms with Crippen molar-refractivity contribution in [1.29, 1.82) is 5.41 Å². The second kappa shape index (κ2) is 7.05. The van der Waals surface area contributed by atoms with E-state index < -0.39 is 0 Å². The third kappa shape index (κ3) is 3.22. The first kappa shape index (κ1) is 18.1. The normalized spacial score (nSPS) is 13.8. The molecule has 0 unspecified atom stereocenters. The van der Waals surface area contributed by atoms with Gasteiger partial charge in [0.1, 0.15) is 34.2 Å². The highest BCUT2D eigenvalue weighted by Gasteiger charge is 2.35. The van der Waals surface area contributed by atoms with Crippen molar-refractivity contribution in [2.24, 2.45) is 0 Å². The molecule has 3 aromatic heterocycles. The maximum Gasteiger partial charge on any atom is 0.256 e. The van der Waals surface area contributed by atoms with Crippen LogP contribution < -0.4 is 16.6 Å². The number of quaternary nitrogens is 1. The lowest BCUT2D eigenvalue weighted by atomic mass is 9.96. The Morgan fingerprint density at radius 1 is 1.39 bits per heavy atom. The second-order valence-corrected chi connectivity index (χ2v) is 7.40. The predicted molar refractivity (Wildman–Crippen MR) is 106 cm³/mol. The lowest BCUT2D eigenvalue weighted by Gasteiger charge is -2.12. The summed E-state index contributed by atoms with van der Waals surface area (Å²) in [5, 5.41) is 15.1. The molecule has 4 rings (SSSR count). The van der Waals surface area contributed by atoms with Gasteiger partial charge in [-0.2, -0.15) is 0 Å². The van der Waals surface area contributed by atoms with Crippen molar-refractivity contribution in [2.45, 2.75) is 38.6 Å². The van der Waals surface area contributed by atoms with Gasteiger partial charge < -0.3 is 20.6 Å². The van der Waals surface area contributed by atoms with E-state index in [9.17, 15) is 4.79 Å². The van der Waals surface area contributed by atoms with Gasteiger partial charge >= 0.3 is 0 Å². The molecule has 0 saturated heterocycles. The molecule has 6 N–H and O–H groups in total. The smallest absolute Gasteiger partial charge is 0.256 e. The number of anilines is 1. The molecule has 144 valence electrons. The van der Waals surface area contributed by atoms with Crippen molar-refractivity contribution < 1.29 is 9.84 Å². The van der Waals surface area contributed by atoms with E-state index in [1.54, 1.807) is 24.5 Å². The highest BCUT2D eigenvalue weighted by Crippen LogP contribution is 2.45. The van der Waals surface area contributed by atoms with E-state index >= 15 is 0 Å². The fourth-order valence-corrected chi connectivity index (χ4v) is 3.36. The molecule has 8 heteroatoms. The van der Waals surface area contributed by atoms with E-state index in [4.69, 9.17) is 15.7 Å². The van der Waals surface area contributed by atoms with Crippen molar-refractivity contribution >= 4 is 17.2 Å². The fraction of sp³-hybridized carbons (Fsp3) is 0.300. The van der Waals surface area contributed by atoms with Crippen molar-refractivity contribution in [3.05, 3.63) is 58.0 Å². The van der Waals surface area contributed by atoms with Crippen molar-refractivity contribution in [3.8, 4) is 11.1 Å². The molecule has 1 saturated carbocycles. The Balaban J connectivity index is 1.89. The van der Waals surface area contributed by atoms with Gasteiger partial charge in [-0.1, -0.05) is 5.16 Å². The molecule has 0 spiro atoms. The molecule has 28 heavy (non-hydrogen) atoms. The van der Waals surface area contributed by atoms with Crippen molar-refractivity contribution in [2.75, 3.05) is 5.73 Å². The number of pyridine rings is 2. The first-order chi connectivity index (χ1) is 13.5. The van der Waals surface area contributed by atoms with Gasteiger partial charge in [0, 0.05) is 24.4 Å². The van der Waals surface area contributed by atoms with Crippen LogP contribution in [0.4, 0.5) is 11.5 Å². The third-order valence-electron chi connectivity index (χ3n) is 4.77. The molecule has 1 aliphatic rings. The predicted octanol–water partition coefficient (Wildman–Crippen LogP) is 1.90. The lowest BCUT2D eigenvalue weighted by Crippen LogP contribution is -2.83. The number of nitrogens with two attached hydrogens (primary N) is 2. The number of rotatable bonds is 6. The van der Waals surface area contributed by atoms with Gasteiger partial charge in [0.2, 0.25) is 0 Å². The highest BCUT2D eigenvalue weighted by atomic mass is 16.5. The number of aromatic amines is 1. The van der Waals surface area contributed by atoms with Gasteiger partial charge in [0.05, 0.1) is 17.2 Å². The van der Waals surface area contributed by atoms with Gasteiger partial charge in [-0.3, -0.25) is 10.2 Å². The van der Waals surface area contributed by atoms with Gasteiger partial charge in [0.15, 0.2) is 0 Å². The molecule has 0 radical (unpaired) electrons. The summed E-state index contributed by atoms with van der Waals surface area (Å²) in [6.07, 6.45) is 5.18. The number of nitrogens with one attached hydrogen (secondary N) is 2. The van der Waals surface area contributed by atoms with Gasteiger partial charge in [-0.15, -0.1) is 0 Å². The zero-order chi connectivity index (χ0) is 19.8. The van der Waals surface area contributed by atoms with Crippen LogP contribution in [0.15, 0.2) is 39.9 Å². The number of hydrogen-bond acceptors (Lipinski definition) is 6. The first-order valence-corrected chi connectivity index (χ1v) is 9.33. The van der Waals surface area contributed by atoms with Gasteiger partial charge in [0.25, 0.3) is 5.56 Å². The molecule has 1 fully saturated rings. The zero-order valence-electron chi connectivity index (χ0n) is 15.8.